The summed E-state index contributed by atoms with van der Waals surface area (Å²) in [5, 5.41) is 14.1. The number of carbonyl (C=O) groups excluding carboxylic acids is 2. The smallest absolute Gasteiger partial charge is 0.342 e. The number of phenols is 1. The number of sulfone groups is 1. The van der Waals surface area contributed by atoms with E-state index in [-0.39, 0.29) is 22.8 Å². The van der Waals surface area contributed by atoms with Crippen LogP contribution in [0, 0.1) is 0 Å². The van der Waals surface area contributed by atoms with Crippen molar-refractivity contribution in [2.45, 2.75) is 18.9 Å². The minimum atomic E-state index is -3.16. The fourth-order valence-corrected chi connectivity index (χ4v) is 5.18. The van der Waals surface area contributed by atoms with Crippen LogP contribution in [0.5, 0.6) is 5.75 Å². The van der Waals surface area contributed by atoms with Gasteiger partial charge in [0.2, 0.25) is 0 Å². The van der Waals surface area contributed by atoms with E-state index in [1.54, 1.807) is 25.1 Å². The summed E-state index contributed by atoms with van der Waals surface area (Å²) in [4.78, 5) is 24.2. The Hall–Kier alpha value is -2.61. The van der Waals surface area contributed by atoms with Crippen LogP contribution in [0.4, 0.5) is 0 Å². The Kier molecular flexibility index (Phi) is 4.62. The number of amides is 1. The van der Waals surface area contributed by atoms with Gasteiger partial charge in [-0.2, -0.15) is 0 Å². The number of benzene rings is 2. The molecule has 7 nitrogen and oxygen atoms in total. The monoisotopic (exact) mass is 377 g/mol. The first-order chi connectivity index (χ1) is 12.2. The number of ether oxygens (including phenoxy) is 1. The first kappa shape index (κ1) is 18.2. The largest absolute Gasteiger partial charge is 0.507 e. The molecule has 0 unspecified atom stereocenters. The van der Waals surface area contributed by atoms with Crippen molar-refractivity contribution in [2.24, 2.45) is 0 Å². The molecule has 26 heavy (non-hydrogen) atoms. The topological polar surface area (TPSA) is 110 Å². The lowest BCUT2D eigenvalue weighted by molar-refractivity contribution is -0.125. The van der Waals surface area contributed by atoms with Gasteiger partial charge in [0.15, 0.2) is 16.4 Å². The number of fused-ring (bicyclic) bond motifs is 1. The summed E-state index contributed by atoms with van der Waals surface area (Å²) >= 11 is 0. The van der Waals surface area contributed by atoms with Crippen LogP contribution in [0.2, 0.25) is 0 Å². The van der Waals surface area contributed by atoms with Crippen LogP contribution in [0.1, 0.15) is 23.7 Å². The quantitative estimate of drug-likeness (QED) is 0.780. The fourth-order valence-electron chi connectivity index (χ4n) is 3.08. The Morgan fingerprint density at radius 3 is 2.50 bits per heavy atom. The summed E-state index contributed by atoms with van der Waals surface area (Å²) in [7, 11) is -3.16. The van der Waals surface area contributed by atoms with E-state index in [4.69, 9.17) is 4.74 Å². The molecule has 1 heterocycles. The lowest BCUT2D eigenvalue weighted by Gasteiger charge is -2.23. The highest BCUT2D eigenvalue weighted by molar-refractivity contribution is 7.91. The van der Waals surface area contributed by atoms with Gasteiger partial charge in [-0.3, -0.25) is 4.79 Å². The predicted octanol–water partition coefficient (Wildman–Crippen LogP) is 1.40. The second-order valence-corrected chi connectivity index (χ2v) is 8.93. The van der Waals surface area contributed by atoms with E-state index >= 15 is 0 Å². The van der Waals surface area contributed by atoms with E-state index in [1.807, 2.05) is 6.07 Å². The van der Waals surface area contributed by atoms with Gasteiger partial charge in [0.25, 0.3) is 5.91 Å². The number of esters is 1. The van der Waals surface area contributed by atoms with Gasteiger partial charge in [0, 0.05) is 0 Å². The molecule has 1 aliphatic rings. The molecule has 3 rings (SSSR count). The minimum Gasteiger partial charge on any atom is -0.507 e. The number of rotatable bonds is 4. The lowest BCUT2D eigenvalue weighted by atomic mass is 10.0. The number of carbonyl (C=O) groups is 2. The van der Waals surface area contributed by atoms with Crippen molar-refractivity contribution in [1.82, 2.24) is 5.32 Å². The summed E-state index contributed by atoms with van der Waals surface area (Å²) in [5.74, 6) is -1.76. The number of nitrogens with one attached hydrogen (secondary N) is 1. The number of aromatic hydroxyl groups is 1. The van der Waals surface area contributed by atoms with Crippen LogP contribution in [0.3, 0.4) is 0 Å². The van der Waals surface area contributed by atoms with Crippen molar-refractivity contribution in [3.63, 3.8) is 0 Å². The molecule has 1 atom stereocenters. The third-order valence-electron chi connectivity index (χ3n) is 4.36. The molecule has 2 aromatic carbocycles. The standard InChI is InChI=1S/C18H19NO6S/c1-18(6-7-26(23,24)11-18)19-16(21)10-25-17(22)14-8-12-4-2-3-5-13(12)9-15(14)20/h2-5,8-9,20H,6-7,10-11H2,1H3,(H,19,21)/t18-/m1/s1. The zero-order valence-corrected chi connectivity index (χ0v) is 15.0. The first-order valence-electron chi connectivity index (χ1n) is 8.08. The Bertz CT molecular complexity index is 984. The van der Waals surface area contributed by atoms with E-state index < -0.39 is 33.9 Å². The van der Waals surface area contributed by atoms with E-state index in [0.29, 0.717) is 6.42 Å². The SMILES string of the molecule is C[C@@]1(NC(=O)COC(=O)c2cc3ccccc3cc2O)CCS(=O)(=O)C1. The molecule has 0 bridgehead atoms. The lowest BCUT2D eigenvalue weighted by Crippen LogP contribution is -2.48. The molecule has 0 saturated carbocycles. The van der Waals surface area contributed by atoms with Gasteiger partial charge in [-0.25, -0.2) is 13.2 Å². The van der Waals surface area contributed by atoms with Gasteiger partial charge in [0.05, 0.1) is 17.0 Å². The third-order valence-corrected chi connectivity index (χ3v) is 6.27. The first-order valence-corrected chi connectivity index (χ1v) is 9.90. The molecule has 0 spiro atoms. The summed E-state index contributed by atoms with van der Waals surface area (Å²) in [6.07, 6.45) is 0.320. The Labute approximate surface area is 150 Å². The van der Waals surface area contributed by atoms with Crippen LogP contribution >= 0.6 is 0 Å². The molecule has 2 aromatic rings. The molecule has 1 aliphatic heterocycles. The van der Waals surface area contributed by atoms with Crippen LogP contribution in [-0.4, -0.2) is 49.1 Å². The van der Waals surface area contributed by atoms with E-state index in [0.717, 1.165) is 10.8 Å². The van der Waals surface area contributed by atoms with Crippen LogP contribution < -0.4 is 5.32 Å². The van der Waals surface area contributed by atoms with Crippen molar-refractivity contribution in [2.75, 3.05) is 18.1 Å². The Morgan fingerprint density at radius 2 is 1.88 bits per heavy atom. The summed E-state index contributed by atoms with van der Waals surface area (Å²) in [6, 6.07) is 10.2. The molecule has 138 valence electrons. The van der Waals surface area contributed by atoms with Crippen molar-refractivity contribution < 1.29 is 27.9 Å². The van der Waals surface area contributed by atoms with Crippen molar-refractivity contribution >= 4 is 32.5 Å². The van der Waals surface area contributed by atoms with Gasteiger partial charge in [-0.05, 0) is 36.2 Å². The third kappa shape index (κ3) is 3.96. The van der Waals surface area contributed by atoms with Gasteiger partial charge >= 0.3 is 5.97 Å². The summed E-state index contributed by atoms with van der Waals surface area (Å²) < 4.78 is 28.1. The average Bonchev–Trinajstić information content (AvgIpc) is 2.84. The predicted molar refractivity (Wildman–Crippen MR) is 95.7 cm³/mol. The maximum absolute atomic E-state index is 12.2. The number of hydrogen-bond acceptors (Lipinski definition) is 6. The molecule has 0 radical (unpaired) electrons. The molecule has 1 saturated heterocycles. The highest BCUT2D eigenvalue weighted by Gasteiger charge is 2.39. The zero-order chi connectivity index (χ0) is 18.9. The number of phenolic OH excluding ortho intramolecular Hbond substituents is 1. The average molecular weight is 377 g/mol. The van der Waals surface area contributed by atoms with E-state index in [1.165, 1.54) is 12.1 Å². The fraction of sp³-hybridized carbons (Fsp3) is 0.333. The maximum atomic E-state index is 12.2. The number of hydrogen-bond donors (Lipinski definition) is 2. The molecule has 8 heteroatoms. The molecule has 0 aromatic heterocycles. The molecule has 2 N–H and O–H groups in total. The maximum Gasteiger partial charge on any atom is 0.342 e. The van der Waals surface area contributed by atoms with Crippen LogP contribution in [0.15, 0.2) is 36.4 Å². The van der Waals surface area contributed by atoms with Crippen molar-refractivity contribution in [1.29, 1.82) is 0 Å². The second kappa shape index (κ2) is 6.60. The highest BCUT2D eigenvalue weighted by Crippen LogP contribution is 2.26. The molecule has 1 amide bonds. The molecule has 1 fully saturated rings. The van der Waals surface area contributed by atoms with Gasteiger partial charge in [0.1, 0.15) is 11.3 Å². The normalized spacial score (nSPS) is 21.4. The summed E-state index contributed by atoms with van der Waals surface area (Å²) in [6.45, 7) is 1.09. The van der Waals surface area contributed by atoms with Crippen molar-refractivity contribution in [3.05, 3.63) is 42.0 Å². The zero-order valence-electron chi connectivity index (χ0n) is 14.2. The van der Waals surface area contributed by atoms with E-state index in [2.05, 4.69) is 5.32 Å². The Balaban J connectivity index is 1.64. The molecular weight excluding hydrogens is 358 g/mol. The Morgan fingerprint density at radius 1 is 1.23 bits per heavy atom. The van der Waals surface area contributed by atoms with Gasteiger partial charge < -0.3 is 15.2 Å². The van der Waals surface area contributed by atoms with Crippen molar-refractivity contribution in [3.8, 4) is 5.75 Å². The van der Waals surface area contributed by atoms with Gasteiger partial charge in [-0.15, -0.1) is 0 Å². The van der Waals surface area contributed by atoms with Crippen LogP contribution in [-0.2, 0) is 19.4 Å². The minimum absolute atomic E-state index is 0.0224. The van der Waals surface area contributed by atoms with Crippen LogP contribution in [0.25, 0.3) is 10.8 Å². The van der Waals surface area contributed by atoms with Gasteiger partial charge in [-0.1, -0.05) is 24.3 Å². The molecule has 0 aliphatic carbocycles. The molecular formula is C18H19NO6S. The highest BCUT2D eigenvalue weighted by atomic mass is 32.2. The summed E-state index contributed by atoms with van der Waals surface area (Å²) in [5.41, 5.74) is -0.890. The van der Waals surface area contributed by atoms with E-state index in [9.17, 15) is 23.1 Å². The second-order valence-electron chi connectivity index (χ2n) is 6.74.